The molecule has 3 rings (SSSR count). The molecule has 2 aromatic rings. The van der Waals surface area contributed by atoms with Gasteiger partial charge in [-0.1, -0.05) is 35.9 Å². The number of hydrogen-bond donors (Lipinski definition) is 0. The molecule has 0 N–H and O–H groups in total. The minimum absolute atomic E-state index is 0.0554. The molecule has 0 aromatic heterocycles. The third kappa shape index (κ3) is 4.79. The van der Waals surface area contributed by atoms with Crippen LogP contribution in [-0.2, 0) is 18.9 Å². The highest BCUT2D eigenvalue weighted by Crippen LogP contribution is 2.17. The fourth-order valence-electron chi connectivity index (χ4n) is 2.19. The Hall–Kier alpha value is -2.41. The topological polar surface area (TPSA) is 71.1 Å². The Morgan fingerprint density at radius 3 is 2.56 bits per heavy atom. The minimum atomic E-state index is -0.869. The molecule has 2 aromatic carbocycles. The third-order valence-electron chi connectivity index (χ3n) is 3.38. The van der Waals surface area contributed by atoms with Crippen LogP contribution in [0.15, 0.2) is 54.6 Å². The maximum Gasteiger partial charge on any atom is 0.340 e. The van der Waals surface area contributed by atoms with Crippen molar-refractivity contribution in [1.29, 1.82) is 0 Å². The summed E-state index contributed by atoms with van der Waals surface area (Å²) in [6.07, 6.45) is -1.66. The number of esters is 2. The van der Waals surface area contributed by atoms with Crippen LogP contribution in [0.4, 0.5) is 0 Å². The molecule has 25 heavy (non-hydrogen) atoms. The third-order valence-corrected chi connectivity index (χ3v) is 3.62. The van der Waals surface area contributed by atoms with E-state index in [2.05, 4.69) is 0 Å². The van der Waals surface area contributed by atoms with E-state index in [1.165, 1.54) is 6.07 Å². The normalized spacial score (nSPS) is 19.4. The lowest BCUT2D eigenvalue weighted by Crippen LogP contribution is -2.23. The first-order valence-electron chi connectivity index (χ1n) is 7.57. The summed E-state index contributed by atoms with van der Waals surface area (Å²) in [4.78, 5) is 23.9. The highest BCUT2D eigenvalue weighted by atomic mass is 35.5. The van der Waals surface area contributed by atoms with E-state index in [1.54, 1.807) is 48.5 Å². The summed E-state index contributed by atoms with van der Waals surface area (Å²) in [5, 5.41) is 0.434. The molecule has 6 nitrogen and oxygen atoms in total. The molecule has 1 aliphatic rings. The van der Waals surface area contributed by atoms with Crippen molar-refractivity contribution in [2.75, 3.05) is 13.2 Å². The smallest absolute Gasteiger partial charge is 0.340 e. The summed E-state index contributed by atoms with van der Waals surface area (Å²) in [6, 6.07) is 15.0. The van der Waals surface area contributed by atoms with Crippen LogP contribution in [0.2, 0.25) is 5.02 Å². The van der Waals surface area contributed by atoms with Gasteiger partial charge in [0, 0.05) is 5.02 Å². The number of halogens is 1. The van der Waals surface area contributed by atoms with Gasteiger partial charge in [-0.25, -0.2) is 9.59 Å². The maximum atomic E-state index is 12.0. The van der Waals surface area contributed by atoms with Gasteiger partial charge in [-0.05, 0) is 30.3 Å². The second kappa shape index (κ2) is 8.11. The van der Waals surface area contributed by atoms with Crippen LogP contribution in [-0.4, -0.2) is 37.7 Å². The maximum absolute atomic E-state index is 12.0. The van der Waals surface area contributed by atoms with Gasteiger partial charge < -0.3 is 18.9 Å². The van der Waals surface area contributed by atoms with Crippen LogP contribution < -0.4 is 0 Å². The highest BCUT2D eigenvalue weighted by molar-refractivity contribution is 6.30. The molecule has 1 aliphatic heterocycles. The molecule has 2 atom stereocenters. The number of benzene rings is 2. The first-order valence-corrected chi connectivity index (χ1v) is 7.95. The van der Waals surface area contributed by atoms with Crippen LogP contribution in [0, 0.1) is 0 Å². The Balaban J connectivity index is 1.46. The first-order chi connectivity index (χ1) is 12.1. The van der Waals surface area contributed by atoms with Crippen molar-refractivity contribution in [3.05, 3.63) is 70.7 Å². The van der Waals surface area contributed by atoms with Crippen LogP contribution in [0.25, 0.3) is 0 Å². The Labute approximate surface area is 149 Å². The van der Waals surface area contributed by atoms with Gasteiger partial charge in [0.15, 0.2) is 6.29 Å². The predicted octanol–water partition coefficient (Wildman–Crippen LogP) is 3.05. The highest BCUT2D eigenvalue weighted by Gasteiger charge is 2.30. The molecule has 1 fully saturated rings. The van der Waals surface area contributed by atoms with E-state index in [4.69, 9.17) is 30.5 Å². The number of carbonyl (C=O) groups excluding carboxylic acids is 2. The predicted molar refractivity (Wildman–Crippen MR) is 88.2 cm³/mol. The molecular weight excluding hydrogens is 348 g/mol. The van der Waals surface area contributed by atoms with Crippen LogP contribution in [0.5, 0.6) is 0 Å². The van der Waals surface area contributed by atoms with Gasteiger partial charge in [-0.15, -0.1) is 0 Å². The SMILES string of the molecule is O=C(OC[C@H]1OC[C@H](OC(=O)c2cccc(Cl)c2)O1)c1ccccc1. The second-order valence-corrected chi connectivity index (χ2v) is 5.65. The molecule has 0 amide bonds. The number of hydrogen-bond acceptors (Lipinski definition) is 6. The van der Waals surface area contributed by atoms with Gasteiger partial charge >= 0.3 is 11.9 Å². The molecule has 0 saturated carbocycles. The van der Waals surface area contributed by atoms with E-state index in [0.717, 1.165) is 0 Å². The Bertz CT molecular complexity index is 748. The minimum Gasteiger partial charge on any atom is -0.457 e. The number of ether oxygens (including phenoxy) is 4. The molecule has 1 saturated heterocycles. The Kier molecular flexibility index (Phi) is 5.65. The van der Waals surface area contributed by atoms with Crippen molar-refractivity contribution in [1.82, 2.24) is 0 Å². The Morgan fingerprint density at radius 1 is 1.04 bits per heavy atom. The fraction of sp³-hybridized carbons (Fsp3) is 0.222. The largest absolute Gasteiger partial charge is 0.457 e. The standard InChI is InChI=1S/C18H15ClO6/c19-14-8-4-7-13(9-14)18(21)25-16-11-22-15(24-16)10-23-17(20)12-5-2-1-3-6-12/h1-9,15-16H,10-11H2/t15-,16-/m0/s1. The van der Waals surface area contributed by atoms with Gasteiger partial charge in [0.2, 0.25) is 6.29 Å². The van der Waals surface area contributed by atoms with E-state index < -0.39 is 24.5 Å². The van der Waals surface area contributed by atoms with E-state index in [0.29, 0.717) is 16.1 Å². The van der Waals surface area contributed by atoms with E-state index in [-0.39, 0.29) is 13.2 Å². The summed E-state index contributed by atoms with van der Waals surface area (Å²) in [5.41, 5.74) is 0.750. The first kappa shape index (κ1) is 17.4. The van der Waals surface area contributed by atoms with Crippen LogP contribution in [0.1, 0.15) is 20.7 Å². The molecule has 0 unspecified atom stereocenters. The summed E-state index contributed by atoms with van der Waals surface area (Å²) in [5.74, 6) is -1.05. The lowest BCUT2D eigenvalue weighted by atomic mass is 10.2. The van der Waals surface area contributed by atoms with Crippen molar-refractivity contribution < 1.29 is 28.5 Å². The monoisotopic (exact) mass is 362 g/mol. The van der Waals surface area contributed by atoms with Crippen LogP contribution in [0.3, 0.4) is 0 Å². The molecule has 0 aliphatic carbocycles. The van der Waals surface area contributed by atoms with Gasteiger partial charge in [0.05, 0.1) is 11.1 Å². The zero-order valence-corrected chi connectivity index (χ0v) is 13.8. The zero-order chi connectivity index (χ0) is 17.6. The van der Waals surface area contributed by atoms with Crippen molar-refractivity contribution in [2.24, 2.45) is 0 Å². The molecule has 1 heterocycles. The van der Waals surface area contributed by atoms with Gasteiger partial charge in [0.1, 0.15) is 13.2 Å². The molecule has 0 spiro atoms. The number of carbonyl (C=O) groups is 2. The van der Waals surface area contributed by atoms with Crippen molar-refractivity contribution in [3.63, 3.8) is 0 Å². The summed E-state index contributed by atoms with van der Waals surface area (Å²) >= 11 is 5.84. The zero-order valence-electron chi connectivity index (χ0n) is 13.1. The lowest BCUT2D eigenvalue weighted by Gasteiger charge is -2.12. The second-order valence-electron chi connectivity index (χ2n) is 5.21. The van der Waals surface area contributed by atoms with Gasteiger partial charge in [0.25, 0.3) is 0 Å². The van der Waals surface area contributed by atoms with Crippen molar-refractivity contribution in [3.8, 4) is 0 Å². The summed E-state index contributed by atoms with van der Waals surface area (Å²) in [6.45, 7) is -0.0429. The average Bonchev–Trinajstić information content (AvgIpc) is 3.08. The fourth-order valence-corrected chi connectivity index (χ4v) is 2.38. The average molecular weight is 363 g/mol. The number of rotatable bonds is 5. The summed E-state index contributed by atoms with van der Waals surface area (Å²) in [7, 11) is 0. The van der Waals surface area contributed by atoms with E-state index >= 15 is 0 Å². The summed E-state index contributed by atoms with van der Waals surface area (Å²) < 4.78 is 21.0. The molecule has 130 valence electrons. The lowest BCUT2D eigenvalue weighted by molar-refractivity contribution is -0.137. The molecule has 7 heteroatoms. The molecule has 0 bridgehead atoms. The van der Waals surface area contributed by atoms with Gasteiger partial charge in [-0.3, -0.25) is 0 Å². The Morgan fingerprint density at radius 2 is 1.80 bits per heavy atom. The van der Waals surface area contributed by atoms with Gasteiger partial charge in [-0.2, -0.15) is 0 Å². The van der Waals surface area contributed by atoms with Crippen molar-refractivity contribution in [2.45, 2.75) is 12.6 Å². The molecular formula is C18H15ClO6. The van der Waals surface area contributed by atoms with E-state index in [1.807, 2.05) is 0 Å². The molecule has 0 radical (unpaired) electrons. The quantitative estimate of drug-likeness (QED) is 0.761. The van der Waals surface area contributed by atoms with Crippen LogP contribution >= 0.6 is 11.6 Å². The van der Waals surface area contributed by atoms with Crippen molar-refractivity contribution >= 4 is 23.5 Å². The van der Waals surface area contributed by atoms with E-state index in [9.17, 15) is 9.59 Å².